The molecule has 27 heavy (non-hydrogen) atoms. The zero-order valence-corrected chi connectivity index (χ0v) is 15.5. The second kappa shape index (κ2) is 7.63. The molecule has 6 nitrogen and oxygen atoms in total. The number of fused-ring (bicyclic) bond motifs is 1. The number of carbonyl (C=O) groups excluding carboxylic acids is 1. The van der Waals surface area contributed by atoms with Gasteiger partial charge in [-0.2, -0.15) is 0 Å². The van der Waals surface area contributed by atoms with E-state index in [4.69, 9.17) is 16.3 Å². The zero-order valence-electron chi connectivity index (χ0n) is 14.7. The summed E-state index contributed by atoms with van der Waals surface area (Å²) in [5.41, 5.74) is 2.90. The van der Waals surface area contributed by atoms with Crippen molar-refractivity contribution in [1.82, 2.24) is 4.98 Å². The Bertz CT molecular complexity index is 1050. The van der Waals surface area contributed by atoms with Crippen LogP contribution in [-0.2, 0) is 4.74 Å². The molecule has 0 atom stereocenters. The maximum atomic E-state index is 12.4. The van der Waals surface area contributed by atoms with E-state index in [0.717, 1.165) is 5.56 Å². The summed E-state index contributed by atoms with van der Waals surface area (Å²) in [6, 6.07) is 9.81. The van der Waals surface area contributed by atoms with E-state index in [1.165, 1.54) is 18.3 Å². The van der Waals surface area contributed by atoms with Crippen molar-refractivity contribution in [2.75, 3.05) is 11.9 Å². The van der Waals surface area contributed by atoms with Crippen molar-refractivity contribution in [3.8, 4) is 0 Å². The van der Waals surface area contributed by atoms with Crippen molar-refractivity contribution in [2.45, 2.75) is 13.8 Å². The average Bonchev–Trinajstić information content (AvgIpc) is 2.62. The monoisotopic (exact) mass is 384 g/mol. The predicted molar refractivity (Wildman–Crippen MR) is 104 cm³/mol. The normalized spacial score (nSPS) is 10.6. The van der Waals surface area contributed by atoms with E-state index in [-0.39, 0.29) is 17.7 Å². The van der Waals surface area contributed by atoms with Crippen molar-refractivity contribution in [3.63, 3.8) is 0 Å². The first-order chi connectivity index (χ1) is 12.9. The van der Waals surface area contributed by atoms with Gasteiger partial charge in [-0.3, -0.25) is 4.98 Å². The van der Waals surface area contributed by atoms with Crippen LogP contribution in [0.2, 0.25) is 5.02 Å². The molecule has 0 amide bonds. The Hall–Kier alpha value is -3.12. The summed E-state index contributed by atoms with van der Waals surface area (Å²) in [5, 5.41) is 13.5. The lowest BCUT2D eigenvalue weighted by Gasteiger charge is -2.15. The van der Waals surface area contributed by atoms with Gasteiger partial charge >= 0.3 is 11.9 Å². The van der Waals surface area contributed by atoms with Gasteiger partial charge in [0.05, 0.1) is 23.4 Å². The largest absolute Gasteiger partial charge is 0.478 e. The molecule has 2 N–H and O–H groups in total. The summed E-state index contributed by atoms with van der Waals surface area (Å²) in [5.74, 6) is -1.57. The third-order valence-corrected chi connectivity index (χ3v) is 4.22. The molecule has 1 aromatic heterocycles. The zero-order chi connectivity index (χ0) is 19.6. The van der Waals surface area contributed by atoms with Crippen LogP contribution in [0.15, 0.2) is 42.6 Å². The molecule has 0 spiro atoms. The first-order valence-electron chi connectivity index (χ1n) is 8.27. The maximum absolute atomic E-state index is 12.4. The Morgan fingerprint density at radius 2 is 2.04 bits per heavy atom. The highest BCUT2D eigenvalue weighted by molar-refractivity contribution is 6.31. The van der Waals surface area contributed by atoms with Crippen LogP contribution in [0.5, 0.6) is 0 Å². The van der Waals surface area contributed by atoms with Gasteiger partial charge in [0.15, 0.2) is 0 Å². The summed E-state index contributed by atoms with van der Waals surface area (Å²) in [6.07, 6.45) is 1.45. The molecule has 0 unspecified atom stereocenters. The number of nitrogens with one attached hydrogen (secondary N) is 1. The van der Waals surface area contributed by atoms with Crippen LogP contribution in [0.4, 0.5) is 11.4 Å². The number of aromatic carboxylic acids is 1. The van der Waals surface area contributed by atoms with Crippen LogP contribution in [0, 0.1) is 6.92 Å². The molecule has 0 aliphatic rings. The number of halogens is 1. The van der Waals surface area contributed by atoms with Crippen LogP contribution < -0.4 is 5.32 Å². The number of benzene rings is 2. The minimum atomic E-state index is -1.04. The smallest absolute Gasteiger partial charge is 0.341 e. The van der Waals surface area contributed by atoms with Gasteiger partial charge in [0.25, 0.3) is 0 Å². The minimum absolute atomic E-state index is 0.130. The van der Waals surface area contributed by atoms with E-state index in [2.05, 4.69) is 10.3 Å². The molecule has 0 aliphatic heterocycles. The number of nitrogens with zero attached hydrogens (tertiary/aromatic N) is 1. The minimum Gasteiger partial charge on any atom is -0.478 e. The highest BCUT2D eigenvalue weighted by Gasteiger charge is 2.18. The van der Waals surface area contributed by atoms with E-state index < -0.39 is 11.9 Å². The van der Waals surface area contributed by atoms with Crippen molar-refractivity contribution < 1.29 is 19.4 Å². The predicted octanol–water partition coefficient (Wildman–Crippen LogP) is 4.82. The first kappa shape index (κ1) is 18.7. The second-order valence-electron chi connectivity index (χ2n) is 5.90. The van der Waals surface area contributed by atoms with Crippen LogP contribution >= 0.6 is 11.6 Å². The Balaban J connectivity index is 2.21. The molecular formula is C20H17ClN2O4. The van der Waals surface area contributed by atoms with E-state index in [0.29, 0.717) is 27.3 Å². The number of ether oxygens (including phenoxy) is 1. The highest BCUT2D eigenvalue weighted by Crippen LogP contribution is 2.33. The maximum Gasteiger partial charge on any atom is 0.341 e. The van der Waals surface area contributed by atoms with Crippen molar-refractivity contribution in [2.24, 2.45) is 0 Å². The molecule has 2 aromatic carbocycles. The summed E-state index contributed by atoms with van der Waals surface area (Å²) in [7, 11) is 0. The fraction of sp³-hybridized carbons (Fsp3) is 0.150. The lowest BCUT2D eigenvalue weighted by molar-refractivity contribution is 0.0526. The molecule has 0 radical (unpaired) electrons. The van der Waals surface area contributed by atoms with E-state index in [1.807, 2.05) is 6.92 Å². The number of hydrogen-bond donors (Lipinski definition) is 2. The third-order valence-electron chi connectivity index (χ3n) is 4.00. The van der Waals surface area contributed by atoms with Gasteiger partial charge in [0.2, 0.25) is 0 Å². The number of carbonyl (C=O) groups is 2. The number of carboxylic acid groups (broad SMARTS) is 1. The Kier molecular flexibility index (Phi) is 5.28. The van der Waals surface area contributed by atoms with Crippen LogP contribution in [-0.4, -0.2) is 28.6 Å². The lowest BCUT2D eigenvalue weighted by Crippen LogP contribution is -2.10. The number of aryl methyl sites for hydroxylation is 1. The number of aromatic nitrogens is 1. The Labute approximate surface area is 160 Å². The molecule has 7 heteroatoms. The molecular weight excluding hydrogens is 368 g/mol. The standard InChI is InChI=1S/C20H17ClN2O4/c1-3-27-20(26)16-10-22-17-11(2)7-13(21)9-15(17)18(16)23-14-6-4-5-12(8-14)19(24)25/h4-10H,3H2,1-2H3,(H,22,23)(H,24,25). The van der Waals surface area contributed by atoms with Crippen molar-refractivity contribution >= 4 is 45.8 Å². The van der Waals surface area contributed by atoms with Gasteiger partial charge in [0, 0.05) is 22.3 Å². The second-order valence-corrected chi connectivity index (χ2v) is 6.33. The number of esters is 1. The van der Waals surface area contributed by atoms with E-state index in [1.54, 1.807) is 31.2 Å². The Morgan fingerprint density at radius 3 is 2.74 bits per heavy atom. The first-order valence-corrected chi connectivity index (χ1v) is 8.65. The SMILES string of the molecule is CCOC(=O)c1cnc2c(C)cc(Cl)cc2c1Nc1cccc(C(=O)O)c1. The van der Waals surface area contributed by atoms with Crippen LogP contribution in [0.25, 0.3) is 10.9 Å². The molecule has 0 aliphatic carbocycles. The van der Waals surface area contributed by atoms with Gasteiger partial charge in [-0.1, -0.05) is 17.7 Å². The van der Waals surface area contributed by atoms with Gasteiger partial charge in [-0.25, -0.2) is 9.59 Å². The van der Waals surface area contributed by atoms with Gasteiger partial charge < -0.3 is 15.2 Å². The number of pyridine rings is 1. The molecule has 3 aromatic rings. The molecule has 0 fully saturated rings. The van der Waals surface area contributed by atoms with Gasteiger partial charge in [-0.15, -0.1) is 0 Å². The third kappa shape index (κ3) is 3.85. The van der Waals surface area contributed by atoms with Gasteiger partial charge in [0.1, 0.15) is 5.56 Å². The molecule has 0 saturated heterocycles. The molecule has 1 heterocycles. The van der Waals surface area contributed by atoms with Crippen LogP contribution in [0.3, 0.4) is 0 Å². The topological polar surface area (TPSA) is 88.5 Å². The number of anilines is 2. The summed E-state index contributed by atoms with van der Waals surface area (Å²) in [4.78, 5) is 28.0. The summed E-state index contributed by atoms with van der Waals surface area (Å²) in [6.45, 7) is 3.82. The fourth-order valence-electron chi connectivity index (χ4n) is 2.81. The molecule has 3 rings (SSSR count). The number of rotatable bonds is 5. The van der Waals surface area contributed by atoms with Crippen molar-refractivity contribution in [3.05, 3.63) is 64.3 Å². The summed E-state index contributed by atoms with van der Waals surface area (Å²) >= 11 is 6.21. The molecule has 138 valence electrons. The fourth-order valence-corrected chi connectivity index (χ4v) is 3.08. The Morgan fingerprint density at radius 1 is 1.26 bits per heavy atom. The average molecular weight is 385 g/mol. The van der Waals surface area contributed by atoms with E-state index in [9.17, 15) is 14.7 Å². The molecule has 0 saturated carbocycles. The van der Waals surface area contributed by atoms with Crippen molar-refractivity contribution in [1.29, 1.82) is 0 Å². The number of carboxylic acids is 1. The number of hydrogen-bond acceptors (Lipinski definition) is 5. The molecule has 0 bridgehead atoms. The van der Waals surface area contributed by atoms with Gasteiger partial charge in [-0.05, 0) is 49.7 Å². The van der Waals surface area contributed by atoms with E-state index >= 15 is 0 Å². The van der Waals surface area contributed by atoms with Crippen LogP contribution in [0.1, 0.15) is 33.2 Å². The quantitative estimate of drug-likeness (QED) is 0.613. The summed E-state index contributed by atoms with van der Waals surface area (Å²) < 4.78 is 5.13. The lowest BCUT2D eigenvalue weighted by atomic mass is 10.1. The highest BCUT2D eigenvalue weighted by atomic mass is 35.5.